The van der Waals surface area contributed by atoms with Crippen LogP contribution in [0.2, 0.25) is 5.02 Å². The van der Waals surface area contributed by atoms with Gasteiger partial charge in [-0.3, -0.25) is 0 Å². The SMILES string of the molecule is Clc1ccc(-n2cnc(NC3CC3)c2)cc1. The molecule has 1 saturated carbocycles. The summed E-state index contributed by atoms with van der Waals surface area (Å²) in [5.74, 6) is 0.942. The lowest BCUT2D eigenvalue weighted by molar-refractivity contribution is 1.06. The van der Waals surface area contributed by atoms with E-state index in [1.54, 1.807) is 0 Å². The maximum absolute atomic E-state index is 5.84. The van der Waals surface area contributed by atoms with Crippen molar-refractivity contribution in [3.8, 4) is 5.69 Å². The van der Waals surface area contributed by atoms with Gasteiger partial charge in [0.1, 0.15) is 12.1 Å². The molecule has 4 heteroatoms. The number of nitrogens with zero attached hydrogens (tertiary/aromatic N) is 2. The summed E-state index contributed by atoms with van der Waals surface area (Å²) in [5, 5.41) is 4.11. The van der Waals surface area contributed by atoms with Gasteiger partial charge in [0.2, 0.25) is 0 Å². The largest absolute Gasteiger partial charge is 0.366 e. The lowest BCUT2D eigenvalue weighted by atomic mass is 10.3. The summed E-state index contributed by atoms with van der Waals surface area (Å²) in [4.78, 5) is 4.31. The zero-order valence-corrected chi connectivity index (χ0v) is 9.48. The highest BCUT2D eigenvalue weighted by Crippen LogP contribution is 2.24. The second kappa shape index (κ2) is 3.83. The van der Waals surface area contributed by atoms with Crippen molar-refractivity contribution in [3.05, 3.63) is 41.8 Å². The van der Waals surface area contributed by atoms with Crippen LogP contribution < -0.4 is 5.32 Å². The minimum absolute atomic E-state index is 0.633. The minimum Gasteiger partial charge on any atom is -0.366 e. The Bertz CT molecular complexity index is 485. The van der Waals surface area contributed by atoms with Crippen LogP contribution in [-0.2, 0) is 0 Å². The summed E-state index contributed by atoms with van der Waals surface area (Å²) in [6.45, 7) is 0. The number of hydrogen-bond donors (Lipinski definition) is 1. The standard InChI is InChI=1S/C12H12ClN3/c13-9-1-5-11(6-2-9)16-7-12(14-8-16)15-10-3-4-10/h1-2,5-8,10,15H,3-4H2. The Morgan fingerprint density at radius 2 is 2.00 bits per heavy atom. The zero-order chi connectivity index (χ0) is 11.0. The van der Waals surface area contributed by atoms with E-state index in [1.165, 1.54) is 12.8 Å². The Hall–Kier alpha value is -1.48. The van der Waals surface area contributed by atoms with Crippen LogP contribution in [0.25, 0.3) is 5.69 Å². The predicted octanol–water partition coefficient (Wildman–Crippen LogP) is 3.10. The first kappa shape index (κ1) is 9.73. The van der Waals surface area contributed by atoms with Gasteiger partial charge < -0.3 is 9.88 Å². The Balaban J connectivity index is 1.82. The van der Waals surface area contributed by atoms with Crippen molar-refractivity contribution < 1.29 is 0 Å². The van der Waals surface area contributed by atoms with Gasteiger partial charge in [-0.05, 0) is 37.1 Å². The number of nitrogens with one attached hydrogen (secondary N) is 1. The van der Waals surface area contributed by atoms with Gasteiger partial charge in [-0.2, -0.15) is 0 Å². The van der Waals surface area contributed by atoms with Crippen molar-refractivity contribution in [2.75, 3.05) is 5.32 Å². The molecule has 82 valence electrons. The van der Waals surface area contributed by atoms with Gasteiger partial charge in [0.25, 0.3) is 0 Å². The summed E-state index contributed by atoms with van der Waals surface area (Å²) >= 11 is 5.84. The third kappa shape index (κ3) is 2.04. The highest BCUT2D eigenvalue weighted by Gasteiger charge is 2.21. The average Bonchev–Trinajstić information content (AvgIpc) is 2.97. The molecular formula is C12H12ClN3. The van der Waals surface area contributed by atoms with Crippen molar-refractivity contribution in [3.63, 3.8) is 0 Å². The van der Waals surface area contributed by atoms with E-state index in [-0.39, 0.29) is 0 Å². The molecule has 1 aromatic heterocycles. The van der Waals surface area contributed by atoms with Gasteiger partial charge in [-0.1, -0.05) is 11.6 Å². The smallest absolute Gasteiger partial charge is 0.144 e. The van der Waals surface area contributed by atoms with Crippen LogP contribution in [0.15, 0.2) is 36.8 Å². The quantitative estimate of drug-likeness (QED) is 0.883. The molecule has 3 rings (SSSR count). The number of hydrogen-bond acceptors (Lipinski definition) is 2. The molecule has 0 aliphatic heterocycles. The second-order valence-electron chi connectivity index (χ2n) is 4.06. The van der Waals surface area contributed by atoms with E-state index in [4.69, 9.17) is 11.6 Å². The summed E-state index contributed by atoms with van der Waals surface area (Å²) in [6, 6.07) is 8.35. The van der Waals surface area contributed by atoms with Crippen LogP contribution in [-0.4, -0.2) is 15.6 Å². The van der Waals surface area contributed by atoms with Crippen molar-refractivity contribution in [1.82, 2.24) is 9.55 Å². The fourth-order valence-electron chi connectivity index (χ4n) is 1.59. The minimum atomic E-state index is 0.633. The summed E-state index contributed by atoms with van der Waals surface area (Å²) < 4.78 is 1.99. The van der Waals surface area contributed by atoms with E-state index in [0.29, 0.717) is 6.04 Å². The number of anilines is 1. The van der Waals surface area contributed by atoms with Crippen LogP contribution in [0.5, 0.6) is 0 Å². The number of benzene rings is 1. The summed E-state index contributed by atoms with van der Waals surface area (Å²) in [6.07, 6.45) is 6.33. The third-order valence-corrected chi connectivity index (χ3v) is 2.89. The molecule has 0 atom stereocenters. The molecule has 1 aliphatic rings. The van der Waals surface area contributed by atoms with E-state index in [0.717, 1.165) is 16.5 Å². The fourth-order valence-corrected chi connectivity index (χ4v) is 1.71. The normalized spacial score (nSPS) is 15.1. The maximum Gasteiger partial charge on any atom is 0.144 e. The number of halogens is 1. The number of rotatable bonds is 3. The molecule has 0 radical (unpaired) electrons. The van der Waals surface area contributed by atoms with Crippen LogP contribution in [0.3, 0.4) is 0 Å². The third-order valence-electron chi connectivity index (χ3n) is 2.64. The molecule has 0 unspecified atom stereocenters. The van der Waals surface area contributed by atoms with Crippen molar-refractivity contribution >= 4 is 17.4 Å². The van der Waals surface area contributed by atoms with E-state index < -0.39 is 0 Å². The molecular weight excluding hydrogens is 222 g/mol. The maximum atomic E-state index is 5.84. The summed E-state index contributed by atoms with van der Waals surface area (Å²) in [7, 11) is 0. The molecule has 1 N–H and O–H groups in total. The van der Waals surface area contributed by atoms with E-state index in [2.05, 4.69) is 10.3 Å². The number of aromatic nitrogens is 2. The van der Waals surface area contributed by atoms with Gasteiger partial charge in [0.15, 0.2) is 0 Å². The topological polar surface area (TPSA) is 29.9 Å². The monoisotopic (exact) mass is 233 g/mol. The molecule has 2 aromatic rings. The molecule has 0 saturated heterocycles. The Labute approximate surface area is 99.1 Å². The van der Waals surface area contributed by atoms with Crippen LogP contribution >= 0.6 is 11.6 Å². The average molecular weight is 234 g/mol. The Morgan fingerprint density at radius 3 is 2.69 bits per heavy atom. The van der Waals surface area contributed by atoms with E-state index >= 15 is 0 Å². The zero-order valence-electron chi connectivity index (χ0n) is 8.73. The van der Waals surface area contributed by atoms with Gasteiger partial charge in [-0.25, -0.2) is 4.98 Å². The van der Waals surface area contributed by atoms with Crippen molar-refractivity contribution in [1.29, 1.82) is 0 Å². The van der Waals surface area contributed by atoms with Gasteiger partial charge in [0, 0.05) is 16.8 Å². The Morgan fingerprint density at radius 1 is 1.25 bits per heavy atom. The van der Waals surface area contributed by atoms with Gasteiger partial charge in [0.05, 0.1) is 6.20 Å². The second-order valence-corrected chi connectivity index (χ2v) is 4.50. The molecule has 1 heterocycles. The lowest BCUT2D eigenvalue weighted by Gasteiger charge is -2.01. The van der Waals surface area contributed by atoms with Crippen LogP contribution in [0.4, 0.5) is 5.82 Å². The highest BCUT2D eigenvalue weighted by molar-refractivity contribution is 6.30. The van der Waals surface area contributed by atoms with Crippen LogP contribution in [0.1, 0.15) is 12.8 Å². The first-order valence-corrected chi connectivity index (χ1v) is 5.75. The molecule has 0 amide bonds. The highest BCUT2D eigenvalue weighted by atomic mass is 35.5. The molecule has 1 fully saturated rings. The van der Waals surface area contributed by atoms with E-state index in [9.17, 15) is 0 Å². The molecule has 0 spiro atoms. The molecule has 1 aromatic carbocycles. The van der Waals surface area contributed by atoms with Crippen molar-refractivity contribution in [2.24, 2.45) is 0 Å². The van der Waals surface area contributed by atoms with E-state index in [1.807, 2.05) is 41.4 Å². The lowest BCUT2D eigenvalue weighted by Crippen LogP contribution is -2.00. The Kier molecular flexibility index (Phi) is 2.33. The van der Waals surface area contributed by atoms with Gasteiger partial charge in [-0.15, -0.1) is 0 Å². The molecule has 0 bridgehead atoms. The fraction of sp³-hybridized carbons (Fsp3) is 0.250. The first-order valence-electron chi connectivity index (χ1n) is 5.38. The summed E-state index contributed by atoms with van der Waals surface area (Å²) in [5.41, 5.74) is 1.07. The van der Waals surface area contributed by atoms with Crippen molar-refractivity contribution in [2.45, 2.75) is 18.9 Å². The number of imidazole rings is 1. The predicted molar refractivity (Wildman–Crippen MR) is 65.2 cm³/mol. The molecule has 3 nitrogen and oxygen atoms in total. The molecule has 16 heavy (non-hydrogen) atoms. The first-order chi connectivity index (χ1) is 7.81. The van der Waals surface area contributed by atoms with Gasteiger partial charge >= 0.3 is 0 Å². The van der Waals surface area contributed by atoms with Crippen LogP contribution in [0, 0.1) is 0 Å². The molecule has 1 aliphatic carbocycles.